The quantitative estimate of drug-likeness (QED) is 0.347. The molecule has 1 amide bonds. The van der Waals surface area contributed by atoms with Gasteiger partial charge in [-0.2, -0.15) is 0 Å². The van der Waals surface area contributed by atoms with Crippen molar-refractivity contribution in [1.82, 2.24) is 5.32 Å². The normalized spacial score (nSPS) is 17.7. The van der Waals surface area contributed by atoms with E-state index in [1.807, 2.05) is 0 Å². The Morgan fingerprint density at radius 3 is 2.36 bits per heavy atom. The van der Waals surface area contributed by atoms with Gasteiger partial charge in [0.25, 0.3) is 0 Å². The summed E-state index contributed by atoms with van der Waals surface area (Å²) in [5.41, 5.74) is -0.634. The lowest BCUT2D eigenvalue weighted by Gasteiger charge is -2.32. The standard InChI is InChI=1S/C18H33NO6/c1-17(2,3)25-16(21)19-14(12-23-10-9-13-7-8-13)15(11-20)24-18(4,5)22-6/h11,13-15H,7-10,12H2,1-6H3,(H,19,21). The van der Waals surface area contributed by atoms with Crippen LogP contribution in [0.15, 0.2) is 0 Å². The highest BCUT2D eigenvalue weighted by atomic mass is 16.7. The first-order valence-corrected chi connectivity index (χ1v) is 8.82. The summed E-state index contributed by atoms with van der Waals surface area (Å²) >= 11 is 0. The number of carbonyl (C=O) groups is 2. The Morgan fingerprint density at radius 1 is 1.24 bits per heavy atom. The van der Waals surface area contributed by atoms with Gasteiger partial charge >= 0.3 is 6.09 Å². The van der Waals surface area contributed by atoms with Crippen molar-refractivity contribution in [3.05, 3.63) is 0 Å². The van der Waals surface area contributed by atoms with E-state index in [0.29, 0.717) is 12.9 Å². The van der Waals surface area contributed by atoms with Gasteiger partial charge in [0.1, 0.15) is 11.7 Å². The Labute approximate surface area is 150 Å². The lowest BCUT2D eigenvalue weighted by atomic mass is 10.1. The van der Waals surface area contributed by atoms with E-state index in [9.17, 15) is 9.59 Å². The molecule has 0 aliphatic heterocycles. The van der Waals surface area contributed by atoms with Gasteiger partial charge in [0.15, 0.2) is 12.1 Å². The largest absolute Gasteiger partial charge is 0.444 e. The molecule has 1 N–H and O–H groups in total. The fourth-order valence-corrected chi connectivity index (χ4v) is 2.12. The van der Waals surface area contributed by atoms with Crippen molar-refractivity contribution < 1.29 is 28.5 Å². The summed E-state index contributed by atoms with van der Waals surface area (Å²) in [7, 11) is 1.49. The Morgan fingerprint density at radius 2 is 1.88 bits per heavy atom. The number of carbonyl (C=O) groups excluding carboxylic acids is 2. The number of amides is 1. The maximum absolute atomic E-state index is 12.1. The van der Waals surface area contributed by atoms with Crippen LogP contribution in [0.4, 0.5) is 4.79 Å². The fourth-order valence-electron chi connectivity index (χ4n) is 2.12. The van der Waals surface area contributed by atoms with Crippen molar-refractivity contribution in [2.24, 2.45) is 5.92 Å². The second kappa shape index (κ2) is 9.50. The van der Waals surface area contributed by atoms with Gasteiger partial charge in [0.2, 0.25) is 0 Å². The zero-order valence-corrected chi connectivity index (χ0v) is 16.3. The Kier molecular flexibility index (Phi) is 8.31. The zero-order chi connectivity index (χ0) is 19.1. The third kappa shape index (κ3) is 9.77. The van der Waals surface area contributed by atoms with Crippen molar-refractivity contribution >= 4 is 12.4 Å². The van der Waals surface area contributed by atoms with Crippen molar-refractivity contribution in [3.8, 4) is 0 Å². The predicted molar refractivity (Wildman–Crippen MR) is 93.3 cm³/mol. The molecule has 1 fully saturated rings. The molecule has 0 aromatic rings. The van der Waals surface area contributed by atoms with Gasteiger partial charge in [-0.1, -0.05) is 12.8 Å². The van der Waals surface area contributed by atoms with Gasteiger partial charge in [-0.05, 0) is 47.0 Å². The Hall–Kier alpha value is -1.18. The smallest absolute Gasteiger partial charge is 0.408 e. The van der Waals surface area contributed by atoms with Gasteiger partial charge < -0.3 is 29.1 Å². The SMILES string of the molecule is COC(C)(C)OC(C=O)C(COCCC1CC1)NC(=O)OC(C)(C)C. The number of aldehydes is 1. The Bertz CT molecular complexity index is 428. The van der Waals surface area contributed by atoms with Crippen LogP contribution in [0.25, 0.3) is 0 Å². The molecule has 146 valence electrons. The molecular weight excluding hydrogens is 326 g/mol. The molecule has 1 aliphatic carbocycles. The number of nitrogens with one attached hydrogen (secondary N) is 1. The molecule has 2 atom stereocenters. The summed E-state index contributed by atoms with van der Waals surface area (Å²) in [6.07, 6.45) is 2.62. The summed E-state index contributed by atoms with van der Waals surface area (Å²) in [6.45, 7) is 9.47. The minimum absolute atomic E-state index is 0.162. The van der Waals surface area contributed by atoms with Crippen LogP contribution in [-0.2, 0) is 23.7 Å². The molecule has 0 aromatic heterocycles. The molecule has 0 radical (unpaired) electrons. The summed E-state index contributed by atoms with van der Waals surface area (Å²) in [5, 5.41) is 2.68. The van der Waals surface area contributed by atoms with Crippen molar-refractivity contribution in [2.45, 2.75) is 77.4 Å². The van der Waals surface area contributed by atoms with Crippen LogP contribution in [0, 0.1) is 5.92 Å². The molecule has 25 heavy (non-hydrogen) atoms. The molecule has 0 spiro atoms. The van der Waals surface area contributed by atoms with Gasteiger partial charge in [-0.15, -0.1) is 0 Å². The van der Waals surface area contributed by atoms with E-state index in [4.69, 9.17) is 18.9 Å². The summed E-state index contributed by atoms with van der Waals surface area (Å²) in [5.74, 6) is -0.212. The van der Waals surface area contributed by atoms with E-state index in [0.717, 1.165) is 12.3 Å². The van der Waals surface area contributed by atoms with Crippen molar-refractivity contribution in [2.75, 3.05) is 20.3 Å². The minimum Gasteiger partial charge on any atom is -0.444 e. The highest BCUT2D eigenvalue weighted by Gasteiger charge is 2.32. The first-order chi connectivity index (χ1) is 11.6. The van der Waals surface area contributed by atoms with Gasteiger partial charge in [0.05, 0.1) is 12.6 Å². The maximum atomic E-state index is 12.1. The summed E-state index contributed by atoms with van der Waals surface area (Å²) in [4.78, 5) is 23.6. The average Bonchev–Trinajstić information content (AvgIpc) is 3.30. The number of alkyl carbamates (subject to hydrolysis) is 1. The van der Waals surface area contributed by atoms with Crippen LogP contribution in [0.3, 0.4) is 0 Å². The third-order valence-electron chi connectivity index (χ3n) is 3.81. The van der Waals surface area contributed by atoms with E-state index in [-0.39, 0.29) is 6.61 Å². The molecule has 0 saturated heterocycles. The molecule has 0 bridgehead atoms. The summed E-state index contributed by atoms with van der Waals surface area (Å²) in [6, 6.07) is -0.666. The molecule has 7 nitrogen and oxygen atoms in total. The van der Waals surface area contributed by atoms with Gasteiger partial charge in [0, 0.05) is 13.7 Å². The lowest BCUT2D eigenvalue weighted by Crippen LogP contribution is -2.52. The first-order valence-electron chi connectivity index (χ1n) is 8.82. The second-order valence-corrected chi connectivity index (χ2v) is 7.88. The van der Waals surface area contributed by atoms with E-state index in [1.54, 1.807) is 34.6 Å². The molecule has 2 unspecified atom stereocenters. The number of hydrogen-bond acceptors (Lipinski definition) is 6. The van der Waals surface area contributed by atoms with Crippen LogP contribution >= 0.6 is 0 Å². The van der Waals surface area contributed by atoms with Crippen LogP contribution < -0.4 is 5.32 Å². The summed E-state index contributed by atoms with van der Waals surface area (Å²) < 4.78 is 21.8. The topological polar surface area (TPSA) is 83.1 Å². The van der Waals surface area contributed by atoms with Crippen LogP contribution in [0.5, 0.6) is 0 Å². The molecule has 0 heterocycles. The van der Waals surface area contributed by atoms with Gasteiger partial charge in [-0.3, -0.25) is 0 Å². The molecule has 0 aromatic carbocycles. The van der Waals surface area contributed by atoms with Crippen molar-refractivity contribution in [1.29, 1.82) is 0 Å². The minimum atomic E-state index is -0.965. The van der Waals surface area contributed by atoms with E-state index < -0.39 is 29.6 Å². The fraction of sp³-hybridized carbons (Fsp3) is 0.889. The van der Waals surface area contributed by atoms with Crippen LogP contribution in [0.1, 0.15) is 53.9 Å². The number of ether oxygens (including phenoxy) is 4. The number of hydrogen-bond donors (Lipinski definition) is 1. The van der Waals surface area contributed by atoms with E-state index in [2.05, 4.69) is 5.32 Å². The molecule has 1 rings (SSSR count). The van der Waals surface area contributed by atoms with E-state index >= 15 is 0 Å². The van der Waals surface area contributed by atoms with Crippen molar-refractivity contribution in [3.63, 3.8) is 0 Å². The molecule has 1 saturated carbocycles. The molecular formula is C18H33NO6. The second-order valence-electron chi connectivity index (χ2n) is 7.88. The third-order valence-corrected chi connectivity index (χ3v) is 3.81. The highest BCUT2D eigenvalue weighted by Crippen LogP contribution is 2.32. The van der Waals surface area contributed by atoms with Crippen LogP contribution in [0.2, 0.25) is 0 Å². The zero-order valence-electron chi connectivity index (χ0n) is 16.3. The average molecular weight is 359 g/mol. The predicted octanol–water partition coefficient (Wildman–Crippen LogP) is 2.66. The molecule has 7 heteroatoms. The number of rotatable bonds is 11. The first kappa shape index (κ1) is 21.9. The van der Waals surface area contributed by atoms with Crippen LogP contribution in [-0.4, -0.2) is 56.2 Å². The van der Waals surface area contributed by atoms with E-state index in [1.165, 1.54) is 20.0 Å². The highest BCUT2D eigenvalue weighted by molar-refractivity contribution is 5.69. The molecule has 1 aliphatic rings. The van der Waals surface area contributed by atoms with Gasteiger partial charge in [-0.25, -0.2) is 4.79 Å². The maximum Gasteiger partial charge on any atom is 0.408 e. The Balaban J connectivity index is 2.65. The lowest BCUT2D eigenvalue weighted by molar-refractivity contribution is -0.224. The number of methoxy groups -OCH3 is 1. The monoisotopic (exact) mass is 359 g/mol.